The van der Waals surface area contributed by atoms with Gasteiger partial charge < -0.3 is 15.1 Å². The second-order valence-electron chi connectivity index (χ2n) is 6.87. The average Bonchev–Trinajstić information content (AvgIpc) is 3.08. The number of anilines is 1. The molecule has 0 aromatic carbocycles. The van der Waals surface area contributed by atoms with E-state index >= 15 is 0 Å². The van der Waals surface area contributed by atoms with Crippen LogP contribution in [0.3, 0.4) is 0 Å². The van der Waals surface area contributed by atoms with Crippen LogP contribution >= 0.6 is 0 Å². The molecule has 7 heteroatoms. The summed E-state index contributed by atoms with van der Waals surface area (Å²) in [5.41, 5.74) is 0. The fourth-order valence-electron chi connectivity index (χ4n) is 3.50. The Kier molecular flexibility index (Phi) is 5.86. The van der Waals surface area contributed by atoms with Crippen LogP contribution in [0.25, 0.3) is 0 Å². The van der Waals surface area contributed by atoms with E-state index in [9.17, 15) is 9.59 Å². The van der Waals surface area contributed by atoms with Gasteiger partial charge in [0.05, 0.1) is 6.54 Å². The van der Waals surface area contributed by atoms with Crippen LogP contribution in [0.5, 0.6) is 0 Å². The first kappa shape index (κ1) is 17.7. The van der Waals surface area contributed by atoms with E-state index in [0.717, 1.165) is 31.9 Å². The van der Waals surface area contributed by atoms with Crippen molar-refractivity contribution in [3.8, 4) is 0 Å². The lowest BCUT2D eigenvalue weighted by Gasteiger charge is -2.35. The summed E-state index contributed by atoms with van der Waals surface area (Å²) < 4.78 is 0. The van der Waals surface area contributed by atoms with Gasteiger partial charge in [-0.15, -0.1) is 0 Å². The van der Waals surface area contributed by atoms with Crippen LogP contribution in [0.2, 0.25) is 0 Å². The normalized spacial score (nSPS) is 21.4. The van der Waals surface area contributed by atoms with E-state index in [0.29, 0.717) is 38.6 Å². The van der Waals surface area contributed by atoms with E-state index in [1.807, 2.05) is 23.1 Å². The molecule has 1 unspecified atom stereocenters. The van der Waals surface area contributed by atoms with Gasteiger partial charge in [-0.2, -0.15) is 0 Å². The Bertz CT molecular complexity index is 586. The summed E-state index contributed by atoms with van der Waals surface area (Å²) in [6.45, 7) is 7.47. The highest BCUT2D eigenvalue weighted by Gasteiger charge is 2.27. The molecule has 2 amide bonds. The topological polar surface area (TPSA) is 68.8 Å². The Morgan fingerprint density at radius 3 is 2.60 bits per heavy atom. The molecule has 0 radical (unpaired) electrons. The molecule has 2 aliphatic heterocycles. The van der Waals surface area contributed by atoms with Crippen LogP contribution in [0.1, 0.15) is 13.3 Å². The van der Waals surface area contributed by atoms with Crippen LogP contribution < -0.4 is 5.32 Å². The second kappa shape index (κ2) is 8.29. The van der Waals surface area contributed by atoms with Crippen molar-refractivity contribution in [2.75, 3.05) is 57.7 Å². The lowest BCUT2D eigenvalue weighted by atomic mass is 10.1. The Hall–Kier alpha value is -2.15. The van der Waals surface area contributed by atoms with Crippen molar-refractivity contribution >= 4 is 17.6 Å². The smallest absolute Gasteiger partial charge is 0.236 e. The Morgan fingerprint density at radius 2 is 1.92 bits per heavy atom. The van der Waals surface area contributed by atoms with Crippen LogP contribution in [-0.4, -0.2) is 83.9 Å². The first-order chi connectivity index (χ1) is 12.1. The van der Waals surface area contributed by atoms with E-state index in [2.05, 4.69) is 15.2 Å². The van der Waals surface area contributed by atoms with Crippen LogP contribution in [0.4, 0.5) is 5.82 Å². The highest BCUT2D eigenvalue weighted by Crippen LogP contribution is 2.17. The minimum Gasteiger partial charge on any atom is -0.370 e. The monoisotopic (exact) mass is 345 g/mol. The van der Waals surface area contributed by atoms with Crippen molar-refractivity contribution in [3.05, 3.63) is 24.4 Å². The number of nitrogens with one attached hydrogen (secondary N) is 1. The minimum absolute atomic E-state index is 0.0925. The number of nitrogens with zero attached hydrogens (tertiary/aromatic N) is 4. The summed E-state index contributed by atoms with van der Waals surface area (Å²) in [5.74, 6) is 1.72. The van der Waals surface area contributed by atoms with Gasteiger partial charge in [0.2, 0.25) is 11.8 Å². The number of hydrogen-bond donors (Lipinski definition) is 1. The van der Waals surface area contributed by atoms with Crippen molar-refractivity contribution in [1.82, 2.24) is 19.7 Å². The standard InChI is InChI=1S/C18H27N5O2/c1-15(24)22-8-10-23(11-9-22)18(25)14-21-7-5-16(13-21)12-20-17-4-2-3-6-19-17/h2-4,6,16H,5,7-14H2,1H3,(H,19,20). The van der Waals surface area contributed by atoms with Gasteiger partial charge in [0.15, 0.2) is 0 Å². The van der Waals surface area contributed by atoms with Gasteiger partial charge in [0.25, 0.3) is 0 Å². The molecule has 1 N–H and O–H groups in total. The summed E-state index contributed by atoms with van der Waals surface area (Å²) >= 11 is 0. The molecule has 0 aliphatic carbocycles. The molecular formula is C18H27N5O2. The van der Waals surface area contributed by atoms with Crippen molar-refractivity contribution in [2.24, 2.45) is 5.92 Å². The number of pyridine rings is 1. The lowest BCUT2D eigenvalue weighted by molar-refractivity contribution is -0.139. The molecule has 7 nitrogen and oxygen atoms in total. The molecule has 2 fully saturated rings. The molecule has 0 bridgehead atoms. The molecule has 3 heterocycles. The zero-order valence-electron chi connectivity index (χ0n) is 14.9. The summed E-state index contributed by atoms with van der Waals surface area (Å²) in [5, 5.41) is 3.37. The van der Waals surface area contributed by atoms with E-state index in [4.69, 9.17) is 0 Å². The Morgan fingerprint density at radius 1 is 1.16 bits per heavy atom. The van der Waals surface area contributed by atoms with Crippen LogP contribution in [0.15, 0.2) is 24.4 Å². The third-order valence-corrected chi connectivity index (χ3v) is 5.04. The van der Waals surface area contributed by atoms with Crippen LogP contribution in [0, 0.1) is 5.92 Å². The molecule has 0 spiro atoms. The highest BCUT2D eigenvalue weighted by atomic mass is 16.2. The van der Waals surface area contributed by atoms with Gasteiger partial charge >= 0.3 is 0 Å². The molecule has 2 aliphatic rings. The molecular weight excluding hydrogens is 318 g/mol. The van der Waals surface area contributed by atoms with E-state index < -0.39 is 0 Å². The SMILES string of the molecule is CC(=O)N1CCN(C(=O)CN2CCC(CNc3ccccn3)C2)CC1. The number of hydrogen-bond acceptors (Lipinski definition) is 5. The molecule has 3 rings (SSSR count). The molecule has 0 saturated carbocycles. The molecule has 2 saturated heterocycles. The van der Waals surface area contributed by atoms with Crippen molar-refractivity contribution in [1.29, 1.82) is 0 Å². The minimum atomic E-state index is 0.0925. The Balaban J connectivity index is 1.38. The number of carbonyl (C=O) groups excluding carboxylic acids is 2. The number of aromatic nitrogens is 1. The maximum atomic E-state index is 12.5. The van der Waals surface area contributed by atoms with E-state index in [1.165, 1.54) is 0 Å². The van der Waals surface area contributed by atoms with Crippen molar-refractivity contribution in [2.45, 2.75) is 13.3 Å². The summed E-state index contributed by atoms with van der Waals surface area (Å²) in [4.78, 5) is 34.0. The fraction of sp³-hybridized carbons (Fsp3) is 0.611. The van der Waals surface area contributed by atoms with E-state index in [-0.39, 0.29) is 11.8 Å². The van der Waals surface area contributed by atoms with Gasteiger partial charge in [0, 0.05) is 52.4 Å². The summed E-state index contributed by atoms with van der Waals surface area (Å²) in [6.07, 6.45) is 2.89. The quantitative estimate of drug-likeness (QED) is 0.842. The maximum absolute atomic E-state index is 12.5. The first-order valence-corrected chi connectivity index (χ1v) is 9.02. The van der Waals surface area contributed by atoms with Crippen molar-refractivity contribution < 1.29 is 9.59 Å². The van der Waals surface area contributed by atoms with Gasteiger partial charge in [-0.25, -0.2) is 4.98 Å². The number of carbonyl (C=O) groups is 2. The summed E-state index contributed by atoms with van der Waals surface area (Å²) in [7, 11) is 0. The highest BCUT2D eigenvalue weighted by molar-refractivity contribution is 5.79. The van der Waals surface area contributed by atoms with Crippen molar-refractivity contribution in [3.63, 3.8) is 0 Å². The fourth-order valence-corrected chi connectivity index (χ4v) is 3.50. The summed E-state index contributed by atoms with van der Waals surface area (Å²) in [6, 6.07) is 5.85. The third kappa shape index (κ3) is 4.92. The predicted octanol–water partition coefficient (Wildman–Crippen LogP) is 0.506. The largest absolute Gasteiger partial charge is 0.370 e. The van der Waals surface area contributed by atoms with Crippen LogP contribution in [-0.2, 0) is 9.59 Å². The lowest BCUT2D eigenvalue weighted by Crippen LogP contribution is -2.52. The Labute approximate surface area is 149 Å². The molecule has 1 aromatic rings. The molecule has 25 heavy (non-hydrogen) atoms. The number of rotatable bonds is 5. The molecule has 1 aromatic heterocycles. The second-order valence-corrected chi connectivity index (χ2v) is 6.87. The molecule has 136 valence electrons. The van der Waals surface area contributed by atoms with Gasteiger partial charge in [-0.1, -0.05) is 6.07 Å². The zero-order valence-corrected chi connectivity index (χ0v) is 14.9. The van der Waals surface area contributed by atoms with Gasteiger partial charge in [-0.05, 0) is 31.0 Å². The number of likely N-dealkylation sites (tertiary alicyclic amines) is 1. The first-order valence-electron chi connectivity index (χ1n) is 9.02. The molecule has 1 atom stereocenters. The maximum Gasteiger partial charge on any atom is 0.236 e. The van der Waals surface area contributed by atoms with Gasteiger partial charge in [0.1, 0.15) is 5.82 Å². The predicted molar refractivity (Wildman–Crippen MR) is 96.1 cm³/mol. The zero-order chi connectivity index (χ0) is 17.6. The number of piperazine rings is 1. The van der Waals surface area contributed by atoms with Gasteiger partial charge in [-0.3, -0.25) is 14.5 Å². The van der Waals surface area contributed by atoms with E-state index in [1.54, 1.807) is 18.0 Å². The third-order valence-electron chi connectivity index (χ3n) is 5.04. The number of amides is 2. The average molecular weight is 345 g/mol.